The average molecular weight is 269 g/mol. The van der Waals surface area contributed by atoms with Crippen molar-refractivity contribution >= 4 is 5.91 Å². The molecule has 0 heterocycles. The molecule has 1 unspecified atom stereocenters. The normalized spacial score (nSPS) is 12.5. The maximum Gasteiger partial charge on any atom is 0.254 e. The third kappa shape index (κ3) is 4.21. The fourth-order valence-corrected chi connectivity index (χ4v) is 1.98. The lowest BCUT2D eigenvalue weighted by molar-refractivity contribution is 0.0813. The molecular formula is C14H20FNO3. The van der Waals surface area contributed by atoms with Crippen LogP contribution in [0.25, 0.3) is 0 Å². The number of aromatic hydroxyl groups is 1. The van der Waals surface area contributed by atoms with E-state index in [4.69, 9.17) is 5.11 Å². The maximum atomic E-state index is 13.4. The Bertz CT molecular complexity index is 433. The lowest BCUT2D eigenvalue weighted by atomic mass is 9.96. The number of hydrogen-bond donors (Lipinski definition) is 3. The molecule has 1 aromatic rings. The lowest BCUT2D eigenvalue weighted by Gasteiger charge is -2.20. The van der Waals surface area contributed by atoms with Crippen molar-refractivity contribution in [1.82, 2.24) is 5.32 Å². The molecule has 0 aromatic heterocycles. The second kappa shape index (κ2) is 7.09. The molecular weight excluding hydrogens is 249 g/mol. The molecule has 1 rings (SSSR count). The van der Waals surface area contributed by atoms with Crippen LogP contribution in [0.1, 0.15) is 37.0 Å². The van der Waals surface area contributed by atoms with Gasteiger partial charge < -0.3 is 15.5 Å². The van der Waals surface area contributed by atoms with Crippen LogP contribution < -0.4 is 5.32 Å². The molecule has 0 fully saturated rings. The van der Waals surface area contributed by atoms with Crippen LogP contribution in [0.5, 0.6) is 5.75 Å². The summed E-state index contributed by atoms with van der Waals surface area (Å²) in [5.41, 5.74) is -0.144. The zero-order valence-electron chi connectivity index (χ0n) is 11.2. The van der Waals surface area contributed by atoms with Crippen LogP contribution in [0.2, 0.25) is 0 Å². The first kappa shape index (κ1) is 15.4. The Labute approximate surface area is 112 Å². The summed E-state index contributed by atoms with van der Waals surface area (Å²) in [5, 5.41) is 21.4. The van der Waals surface area contributed by atoms with Gasteiger partial charge in [-0.2, -0.15) is 0 Å². The van der Waals surface area contributed by atoms with Gasteiger partial charge in [-0.3, -0.25) is 4.79 Å². The smallest absolute Gasteiger partial charge is 0.254 e. The predicted molar refractivity (Wildman–Crippen MR) is 70.5 cm³/mol. The van der Waals surface area contributed by atoms with E-state index in [0.717, 1.165) is 18.9 Å². The van der Waals surface area contributed by atoms with Crippen LogP contribution in [0.4, 0.5) is 4.39 Å². The van der Waals surface area contributed by atoms with Gasteiger partial charge in [-0.1, -0.05) is 26.7 Å². The number of amides is 1. The summed E-state index contributed by atoms with van der Waals surface area (Å²) in [6, 6.07) is 3.34. The van der Waals surface area contributed by atoms with Gasteiger partial charge in [-0.25, -0.2) is 4.39 Å². The molecule has 0 aliphatic rings. The first-order valence-electron chi connectivity index (χ1n) is 6.44. The van der Waals surface area contributed by atoms with E-state index in [1.54, 1.807) is 0 Å². The molecule has 3 N–H and O–H groups in total. The number of aliphatic hydroxyl groups excluding tert-OH is 1. The van der Waals surface area contributed by atoms with E-state index in [0.29, 0.717) is 0 Å². The maximum absolute atomic E-state index is 13.4. The van der Waals surface area contributed by atoms with Gasteiger partial charge in [-0.15, -0.1) is 0 Å². The highest BCUT2D eigenvalue weighted by molar-refractivity contribution is 5.94. The first-order valence-corrected chi connectivity index (χ1v) is 6.44. The minimum atomic E-state index is -0.783. The second-order valence-electron chi connectivity index (χ2n) is 4.52. The summed E-state index contributed by atoms with van der Waals surface area (Å²) in [6.07, 6.45) is 1.00. The number of aliphatic hydroxyl groups is 1. The fourth-order valence-electron chi connectivity index (χ4n) is 1.98. The largest absolute Gasteiger partial charge is 0.508 e. The van der Waals surface area contributed by atoms with E-state index in [2.05, 4.69) is 5.32 Å². The number of carbonyl (C=O) groups is 1. The molecule has 19 heavy (non-hydrogen) atoms. The molecule has 106 valence electrons. The highest BCUT2D eigenvalue weighted by atomic mass is 19.1. The summed E-state index contributed by atoms with van der Waals surface area (Å²) < 4.78 is 13.4. The summed E-state index contributed by atoms with van der Waals surface area (Å²) in [6.45, 7) is 4.03. The van der Waals surface area contributed by atoms with Crippen molar-refractivity contribution in [3.63, 3.8) is 0 Å². The summed E-state index contributed by atoms with van der Waals surface area (Å²) in [4.78, 5) is 11.7. The van der Waals surface area contributed by atoms with Gasteiger partial charge in [0, 0.05) is 12.6 Å². The van der Waals surface area contributed by atoms with E-state index in [9.17, 15) is 14.3 Å². The van der Waals surface area contributed by atoms with E-state index in [1.165, 1.54) is 12.1 Å². The predicted octanol–water partition coefficient (Wildman–Crippen LogP) is 2.06. The van der Waals surface area contributed by atoms with Gasteiger partial charge in [0.25, 0.3) is 5.91 Å². The van der Waals surface area contributed by atoms with Crippen molar-refractivity contribution in [2.45, 2.75) is 32.8 Å². The monoisotopic (exact) mass is 269 g/mol. The molecule has 0 saturated carbocycles. The Morgan fingerprint density at radius 1 is 1.37 bits per heavy atom. The summed E-state index contributed by atoms with van der Waals surface area (Å²) >= 11 is 0. The molecule has 0 aliphatic carbocycles. The molecule has 0 aliphatic heterocycles. The lowest BCUT2D eigenvalue weighted by Crippen LogP contribution is -2.36. The zero-order valence-corrected chi connectivity index (χ0v) is 11.2. The van der Waals surface area contributed by atoms with Gasteiger partial charge in [0.2, 0.25) is 0 Å². The zero-order chi connectivity index (χ0) is 14.4. The van der Waals surface area contributed by atoms with Gasteiger partial charge in [0.15, 0.2) is 0 Å². The highest BCUT2D eigenvalue weighted by Gasteiger charge is 2.18. The van der Waals surface area contributed by atoms with Crippen LogP contribution in [0.15, 0.2) is 18.2 Å². The van der Waals surface area contributed by atoms with Gasteiger partial charge in [-0.05, 0) is 18.1 Å². The Morgan fingerprint density at radius 3 is 2.53 bits per heavy atom. The molecule has 0 spiro atoms. The van der Waals surface area contributed by atoms with Crippen molar-refractivity contribution in [3.05, 3.63) is 29.6 Å². The van der Waals surface area contributed by atoms with E-state index in [-0.39, 0.29) is 23.8 Å². The number of carbonyl (C=O) groups excluding carboxylic acids is 1. The van der Waals surface area contributed by atoms with Crippen LogP contribution in [-0.4, -0.2) is 28.8 Å². The number of nitrogens with one attached hydrogen (secondary N) is 1. The molecule has 5 heteroatoms. The molecule has 1 atom stereocenters. The van der Waals surface area contributed by atoms with Gasteiger partial charge >= 0.3 is 0 Å². The van der Waals surface area contributed by atoms with E-state index >= 15 is 0 Å². The van der Waals surface area contributed by atoms with Crippen molar-refractivity contribution in [2.24, 2.45) is 5.92 Å². The summed E-state index contributed by atoms with van der Waals surface area (Å²) in [7, 11) is 0. The molecule has 0 radical (unpaired) electrons. The number of halogens is 1. The Balaban J connectivity index is 2.60. The third-order valence-electron chi connectivity index (χ3n) is 3.26. The number of hydrogen-bond acceptors (Lipinski definition) is 3. The van der Waals surface area contributed by atoms with Crippen molar-refractivity contribution in [1.29, 1.82) is 0 Å². The minimum Gasteiger partial charge on any atom is -0.508 e. The third-order valence-corrected chi connectivity index (χ3v) is 3.26. The van der Waals surface area contributed by atoms with Crippen molar-refractivity contribution < 1.29 is 19.4 Å². The fraction of sp³-hybridized carbons (Fsp3) is 0.500. The Kier molecular flexibility index (Phi) is 5.76. The molecule has 0 saturated heterocycles. The van der Waals surface area contributed by atoms with Gasteiger partial charge in [0.05, 0.1) is 11.7 Å². The standard InChI is InChI=1S/C14H20FNO3/c1-3-9(4-2)13(18)8-16-14(19)11-6-5-10(17)7-12(11)15/h5-7,9,13,17-18H,3-4,8H2,1-2H3,(H,16,19). The van der Waals surface area contributed by atoms with E-state index in [1.807, 2.05) is 13.8 Å². The topological polar surface area (TPSA) is 69.6 Å². The molecule has 4 nitrogen and oxygen atoms in total. The second-order valence-corrected chi connectivity index (χ2v) is 4.52. The first-order chi connectivity index (χ1) is 8.99. The Morgan fingerprint density at radius 2 is 2.00 bits per heavy atom. The quantitative estimate of drug-likeness (QED) is 0.740. The minimum absolute atomic E-state index is 0.0888. The van der Waals surface area contributed by atoms with E-state index < -0.39 is 17.8 Å². The number of rotatable bonds is 6. The highest BCUT2D eigenvalue weighted by Crippen LogP contribution is 2.15. The van der Waals surface area contributed by atoms with Crippen molar-refractivity contribution in [2.75, 3.05) is 6.54 Å². The van der Waals surface area contributed by atoms with Gasteiger partial charge in [0.1, 0.15) is 11.6 Å². The SMILES string of the molecule is CCC(CC)C(O)CNC(=O)c1ccc(O)cc1F. The van der Waals surface area contributed by atoms with Crippen LogP contribution in [0.3, 0.4) is 0 Å². The molecule has 1 amide bonds. The van der Waals surface area contributed by atoms with Crippen LogP contribution >= 0.6 is 0 Å². The number of benzene rings is 1. The van der Waals surface area contributed by atoms with Crippen molar-refractivity contribution in [3.8, 4) is 5.75 Å². The van der Waals surface area contributed by atoms with Crippen LogP contribution in [0, 0.1) is 11.7 Å². The molecule has 0 bridgehead atoms. The average Bonchev–Trinajstić information content (AvgIpc) is 2.37. The Hall–Kier alpha value is -1.62. The number of phenols is 1. The molecule has 1 aromatic carbocycles. The number of phenolic OH excluding ortho intramolecular Hbond substituents is 1. The summed E-state index contributed by atoms with van der Waals surface area (Å²) in [5.74, 6) is -1.49. The van der Waals surface area contributed by atoms with Crippen LogP contribution in [-0.2, 0) is 0 Å².